The van der Waals surface area contributed by atoms with Gasteiger partial charge in [-0.25, -0.2) is 0 Å². The van der Waals surface area contributed by atoms with Crippen molar-refractivity contribution < 1.29 is 9.47 Å². The molecule has 2 saturated heterocycles. The lowest BCUT2D eigenvalue weighted by atomic mass is 9.74. The van der Waals surface area contributed by atoms with Gasteiger partial charge in [0.15, 0.2) is 0 Å². The van der Waals surface area contributed by atoms with E-state index >= 15 is 0 Å². The molecule has 25 heavy (non-hydrogen) atoms. The van der Waals surface area contributed by atoms with E-state index in [1.807, 2.05) is 7.05 Å². The molecular formula is C21H34N2O2. The fraction of sp³-hybridized carbons (Fsp3) is 0.714. The topological polar surface area (TPSA) is 33.7 Å². The molecule has 1 aromatic carbocycles. The van der Waals surface area contributed by atoms with Gasteiger partial charge in [0.05, 0.1) is 0 Å². The molecule has 4 nitrogen and oxygen atoms in total. The fourth-order valence-corrected chi connectivity index (χ4v) is 4.26. The third kappa shape index (κ3) is 4.55. The Morgan fingerprint density at radius 2 is 1.80 bits per heavy atom. The highest BCUT2D eigenvalue weighted by Crippen LogP contribution is 2.35. The lowest BCUT2D eigenvalue weighted by Crippen LogP contribution is -2.42. The van der Waals surface area contributed by atoms with Crippen LogP contribution in [0.1, 0.15) is 45.1 Å². The molecule has 0 saturated carbocycles. The second-order valence-electron chi connectivity index (χ2n) is 7.89. The lowest BCUT2D eigenvalue weighted by Gasteiger charge is -2.38. The summed E-state index contributed by atoms with van der Waals surface area (Å²) in [5.41, 5.74) is 1.61. The van der Waals surface area contributed by atoms with E-state index in [1.165, 1.54) is 5.56 Å². The van der Waals surface area contributed by atoms with Crippen LogP contribution in [0.5, 0.6) is 5.75 Å². The van der Waals surface area contributed by atoms with Crippen LogP contribution in [-0.4, -0.2) is 56.9 Å². The Labute approximate surface area is 152 Å². The monoisotopic (exact) mass is 346 g/mol. The van der Waals surface area contributed by atoms with Crippen molar-refractivity contribution in [3.05, 3.63) is 29.8 Å². The maximum Gasteiger partial charge on any atom is 0.119 e. The molecule has 0 spiro atoms. The van der Waals surface area contributed by atoms with E-state index in [-0.39, 0.29) is 5.41 Å². The summed E-state index contributed by atoms with van der Waals surface area (Å²) in [6.45, 7) is 9.55. The number of likely N-dealkylation sites (N-methyl/N-ethyl adjacent to an activating group) is 1. The Kier molecular flexibility index (Phi) is 6.37. The maximum atomic E-state index is 6.25. The van der Waals surface area contributed by atoms with Crippen LogP contribution in [0.4, 0.5) is 0 Å². The zero-order chi connectivity index (χ0) is 17.7. The van der Waals surface area contributed by atoms with E-state index in [0.717, 1.165) is 64.3 Å². The summed E-state index contributed by atoms with van der Waals surface area (Å²) in [5.74, 6) is 1.01. The molecule has 1 N–H and O–H groups in total. The molecule has 0 aliphatic carbocycles. The van der Waals surface area contributed by atoms with E-state index in [0.29, 0.717) is 12.1 Å². The average Bonchev–Trinajstić information content (AvgIpc) is 2.64. The second-order valence-corrected chi connectivity index (χ2v) is 7.89. The highest BCUT2D eigenvalue weighted by molar-refractivity contribution is 5.33. The van der Waals surface area contributed by atoms with E-state index in [4.69, 9.17) is 9.47 Å². The van der Waals surface area contributed by atoms with Gasteiger partial charge in [-0.2, -0.15) is 0 Å². The lowest BCUT2D eigenvalue weighted by molar-refractivity contribution is 0.0505. The number of ether oxygens (including phenoxy) is 2. The molecule has 140 valence electrons. The van der Waals surface area contributed by atoms with Gasteiger partial charge in [-0.3, -0.25) is 0 Å². The van der Waals surface area contributed by atoms with Gasteiger partial charge in [0.2, 0.25) is 0 Å². The SMILES string of the molecule is CNCC1(c2ccc(OC3CCN(C(C)C)CC3)cc2)CCOCC1. The predicted octanol–water partition coefficient (Wildman–Crippen LogP) is 3.21. The Bertz CT molecular complexity index is 510. The Morgan fingerprint density at radius 1 is 1.16 bits per heavy atom. The molecule has 0 aromatic heterocycles. The van der Waals surface area contributed by atoms with Crippen LogP contribution in [0.25, 0.3) is 0 Å². The summed E-state index contributed by atoms with van der Waals surface area (Å²) < 4.78 is 11.8. The van der Waals surface area contributed by atoms with Crippen LogP contribution in [-0.2, 0) is 10.2 Å². The zero-order valence-electron chi connectivity index (χ0n) is 16.1. The van der Waals surface area contributed by atoms with Gasteiger partial charge in [-0.15, -0.1) is 0 Å². The van der Waals surface area contributed by atoms with Crippen molar-refractivity contribution in [2.75, 3.05) is 39.9 Å². The first-order chi connectivity index (χ1) is 12.1. The van der Waals surface area contributed by atoms with E-state index in [9.17, 15) is 0 Å². The summed E-state index contributed by atoms with van der Waals surface area (Å²) in [6.07, 6.45) is 4.78. The van der Waals surface area contributed by atoms with Crippen molar-refractivity contribution in [2.24, 2.45) is 0 Å². The molecular weight excluding hydrogens is 312 g/mol. The zero-order valence-corrected chi connectivity index (χ0v) is 16.1. The van der Waals surface area contributed by atoms with Gasteiger partial charge in [0, 0.05) is 44.3 Å². The summed E-state index contributed by atoms with van der Waals surface area (Å²) >= 11 is 0. The summed E-state index contributed by atoms with van der Waals surface area (Å²) in [7, 11) is 2.04. The Morgan fingerprint density at radius 3 is 2.36 bits per heavy atom. The highest BCUT2D eigenvalue weighted by Gasteiger charge is 2.33. The number of nitrogens with zero attached hydrogens (tertiary/aromatic N) is 1. The van der Waals surface area contributed by atoms with Gasteiger partial charge in [0.1, 0.15) is 11.9 Å². The van der Waals surface area contributed by atoms with E-state index < -0.39 is 0 Å². The molecule has 0 radical (unpaired) electrons. The number of nitrogens with one attached hydrogen (secondary N) is 1. The largest absolute Gasteiger partial charge is 0.490 e. The number of piperidine rings is 1. The van der Waals surface area contributed by atoms with Crippen molar-refractivity contribution in [1.82, 2.24) is 10.2 Å². The number of hydrogen-bond donors (Lipinski definition) is 1. The van der Waals surface area contributed by atoms with Gasteiger partial charge in [-0.05, 0) is 64.3 Å². The van der Waals surface area contributed by atoms with Gasteiger partial charge >= 0.3 is 0 Å². The van der Waals surface area contributed by atoms with Crippen LogP contribution >= 0.6 is 0 Å². The van der Waals surface area contributed by atoms with Crippen LogP contribution in [0.2, 0.25) is 0 Å². The summed E-state index contributed by atoms with van der Waals surface area (Å²) in [4.78, 5) is 2.54. The molecule has 0 bridgehead atoms. The van der Waals surface area contributed by atoms with Crippen molar-refractivity contribution in [3.63, 3.8) is 0 Å². The Hall–Kier alpha value is -1.10. The van der Waals surface area contributed by atoms with Crippen LogP contribution in [0.15, 0.2) is 24.3 Å². The molecule has 1 aromatic rings. The molecule has 3 rings (SSSR count). The van der Waals surface area contributed by atoms with Gasteiger partial charge in [-0.1, -0.05) is 12.1 Å². The van der Waals surface area contributed by atoms with Gasteiger partial charge < -0.3 is 19.7 Å². The van der Waals surface area contributed by atoms with Crippen LogP contribution < -0.4 is 10.1 Å². The first-order valence-electron chi connectivity index (χ1n) is 9.86. The van der Waals surface area contributed by atoms with Crippen molar-refractivity contribution in [3.8, 4) is 5.75 Å². The fourth-order valence-electron chi connectivity index (χ4n) is 4.26. The minimum Gasteiger partial charge on any atom is -0.490 e. The molecule has 2 aliphatic rings. The third-order valence-corrected chi connectivity index (χ3v) is 5.94. The van der Waals surface area contributed by atoms with Crippen LogP contribution in [0.3, 0.4) is 0 Å². The number of rotatable bonds is 6. The van der Waals surface area contributed by atoms with Crippen molar-refractivity contribution in [1.29, 1.82) is 0 Å². The first-order valence-corrected chi connectivity index (χ1v) is 9.86. The molecule has 2 heterocycles. The average molecular weight is 347 g/mol. The van der Waals surface area contributed by atoms with Crippen molar-refractivity contribution >= 4 is 0 Å². The highest BCUT2D eigenvalue weighted by atomic mass is 16.5. The third-order valence-electron chi connectivity index (χ3n) is 5.94. The number of benzene rings is 1. The molecule has 0 amide bonds. The minimum absolute atomic E-state index is 0.203. The molecule has 4 heteroatoms. The van der Waals surface area contributed by atoms with Crippen LogP contribution in [0, 0.1) is 0 Å². The normalized spacial score (nSPS) is 22.2. The smallest absolute Gasteiger partial charge is 0.119 e. The summed E-state index contributed by atoms with van der Waals surface area (Å²) in [5, 5.41) is 3.38. The minimum atomic E-state index is 0.203. The Balaban J connectivity index is 1.60. The molecule has 2 aliphatic heterocycles. The second kappa shape index (κ2) is 8.52. The number of hydrogen-bond acceptors (Lipinski definition) is 4. The quantitative estimate of drug-likeness (QED) is 0.858. The standard InChI is InChI=1S/C21H34N2O2/c1-17(2)23-12-8-20(9-13-23)25-19-6-4-18(5-7-19)21(16-22-3)10-14-24-15-11-21/h4-7,17,20,22H,8-16H2,1-3H3. The van der Waals surface area contributed by atoms with E-state index in [2.05, 4.69) is 48.3 Å². The van der Waals surface area contributed by atoms with Gasteiger partial charge in [0.25, 0.3) is 0 Å². The molecule has 2 fully saturated rings. The molecule has 0 unspecified atom stereocenters. The number of likely N-dealkylation sites (tertiary alicyclic amines) is 1. The van der Waals surface area contributed by atoms with E-state index in [1.54, 1.807) is 0 Å². The maximum absolute atomic E-state index is 6.25. The summed E-state index contributed by atoms with van der Waals surface area (Å²) in [6, 6.07) is 9.50. The van der Waals surface area contributed by atoms with Crippen molar-refractivity contribution in [2.45, 2.75) is 57.1 Å². The predicted molar refractivity (Wildman–Crippen MR) is 102 cm³/mol. The first kappa shape index (κ1) is 18.7. The molecule has 0 atom stereocenters.